The Morgan fingerprint density at radius 3 is 1.69 bits per heavy atom. The number of nitrogens with zero attached hydrogens (tertiary/aromatic N) is 8. The predicted molar refractivity (Wildman–Crippen MR) is 172 cm³/mol. The van der Waals surface area contributed by atoms with Crippen LogP contribution in [0.3, 0.4) is 0 Å². The van der Waals surface area contributed by atoms with E-state index in [0.717, 1.165) is 6.54 Å². The van der Waals surface area contributed by atoms with E-state index in [-0.39, 0.29) is 12.1 Å². The fraction of sp³-hybridized carbons (Fsp3) is 0.267. The monoisotopic (exact) mass is 610 g/mol. The Bertz CT molecular complexity index is 1700. The Morgan fingerprint density at radius 2 is 1.22 bits per heavy atom. The number of carbonyl (C=O) groups is 2. The molecule has 0 aliphatic carbocycles. The molecular weight excluding hydrogens is 576 g/mol. The number of likely N-dealkylation sites (N-methyl/N-ethyl adjacent to an activating group) is 1. The van der Waals surface area contributed by atoms with Crippen LogP contribution < -0.4 is 30.9 Å². The molecule has 0 fully saturated rings. The van der Waals surface area contributed by atoms with Gasteiger partial charge in [-0.1, -0.05) is 0 Å². The zero-order chi connectivity index (χ0) is 31.8. The van der Waals surface area contributed by atoms with E-state index >= 15 is 0 Å². The number of anilines is 5. The number of fused-ring (bicyclic) bond motifs is 2. The molecule has 5 rings (SSSR count). The van der Waals surface area contributed by atoms with Gasteiger partial charge in [0.05, 0.1) is 12.4 Å². The number of hydrogen-bond acceptors (Lipinski definition) is 11. The number of ether oxygens (including phenoxy) is 1. The summed E-state index contributed by atoms with van der Waals surface area (Å²) in [6, 6.07) is 13.5. The third-order valence-corrected chi connectivity index (χ3v) is 6.31. The van der Waals surface area contributed by atoms with Crippen molar-refractivity contribution >= 4 is 63.3 Å². The van der Waals surface area contributed by atoms with E-state index in [2.05, 4.69) is 41.2 Å². The second-order valence-corrected chi connectivity index (χ2v) is 9.98. The number of nitrogens with one attached hydrogen (secondary N) is 4. The normalized spacial score (nSPS) is 11.0. The van der Waals surface area contributed by atoms with Crippen LogP contribution in [-0.4, -0.2) is 87.2 Å². The van der Waals surface area contributed by atoms with Crippen molar-refractivity contribution in [3.05, 3.63) is 60.9 Å². The van der Waals surface area contributed by atoms with Crippen LogP contribution in [0.5, 0.6) is 5.75 Å². The minimum absolute atomic E-state index is 0.315. The molecule has 0 saturated heterocycles. The first-order valence-electron chi connectivity index (χ1n) is 14.4. The molecule has 0 aliphatic heterocycles. The Balaban J connectivity index is 1.54. The van der Waals surface area contributed by atoms with Crippen LogP contribution in [0.15, 0.2) is 60.9 Å². The SMILES string of the molecule is CCNC(=O)Nc1ccc2ncc(N(c3ccc(OCCN(C)C)cc3)c3cnc4ccc(NC(=O)NCC)nc4n3)nc2n1. The van der Waals surface area contributed by atoms with Crippen molar-refractivity contribution in [1.82, 2.24) is 45.4 Å². The lowest BCUT2D eigenvalue weighted by Gasteiger charge is -2.23. The highest BCUT2D eigenvalue weighted by Gasteiger charge is 2.19. The number of aromatic nitrogens is 6. The molecule has 232 valence electrons. The summed E-state index contributed by atoms with van der Waals surface area (Å²) in [4.78, 5) is 55.7. The van der Waals surface area contributed by atoms with Crippen LogP contribution in [0.25, 0.3) is 22.3 Å². The molecule has 15 heteroatoms. The van der Waals surface area contributed by atoms with E-state index in [1.165, 1.54) is 0 Å². The van der Waals surface area contributed by atoms with Crippen molar-refractivity contribution in [3.8, 4) is 5.75 Å². The van der Waals surface area contributed by atoms with Crippen molar-refractivity contribution < 1.29 is 14.3 Å². The molecule has 4 aromatic heterocycles. The zero-order valence-electron chi connectivity index (χ0n) is 25.4. The largest absolute Gasteiger partial charge is 0.492 e. The van der Waals surface area contributed by atoms with Crippen molar-refractivity contribution in [2.75, 3.05) is 55.9 Å². The summed E-state index contributed by atoms with van der Waals surface area (Å²) in [6.45, 7) is 5.92. The standard InChI is InChI=1S/C30H34N12O3/c1-5-31-29(43)37-23-13-11-21-27(35-23)39-25(17-33-21)42(19-7-9-20(10-8-19)45-16-15-41(3)4)26-18-34-22-12-14-24(36-28(22)40-26)38-30(44)32-6-2/h7-14,17-18H,5-6,15-16H2,1-4H3,(H2,31,35,37,39,43)(H2,32,36,38,40,44). The molecule has 5 aromatic rings. The lowest BCUT2D eigenvalue weighted by Crippen LogP contribution is -2.28. The van der Waals surface area contributed by atoms with Crippen LogP contribution in [0.1, 0.15) is 13.8 Å². The average molecular weight is 611 g/mol. The van der Waals surface area contributed by atoms with Gasteiger partial charge in [-0.2, -0.15) is 0 Å². The maximum atomic E-state index is 12.1. The summed E-state index contributed by atoms with van der Waals surface area (Å²) in [6.07, 6.45) is 3.21. The molecule has 0 saturated carbocycles. The first-order chi connectivity index (χ1) is 21.8. The second-order valence-electron chi connectivity index (χ2n) is 9.98. The molecule has 45 heavy (non-hydrogen) atoms. The van der Waals surface area contributed by atoms with Gasteiger partial charge in [-0.15, -0.1) is 0 Å². The van der Waals surface area contributed by atoms with E-state index < -0.39 is 0 Å². The highest BCUT2D eigenvalue weighted by Crippen LogP contribution is 2.33. The summed E-state index contributed by atoms with van der Waals surface area (Å²) in [5.41, 5.74) is 2.41. The van der Waals surface area contributed by atoms with E-state index in [1.807, 2.05) is 57.1 Å². The first kappa shape index (κ1) is 30.7. The molecule has 4 heterocycles. The van der Waals surface area contributed by atoms with Crippen molar-refractivity contribution in [2.24, 2.45) is 0 Å². The number of amides is 4. The minimum atomic E-state index is -0.372. The highest BCUT2D eigenvalue weighted by molar-refractivity contribution is 5.90. The molecule has 0 aliphatic rings. The van der Waals surface area contributed by atoms with Crippen molar-refractivity contribution in [3.63, 3.8) is 0 Å². The fourth-order valence-electron chi connectivity index (χ4n) is 4.19. The Labute approximate surface area is 259 Å². The van der Waals surface area contributed by atoms with Gasteiger partial charge in [0, 0.05) is 25.3 Å². The van der Waals surface area contributed by atoms with Gasteiger partial charge in [0.15, 0.2) is 22.9 Å². The van der Waals surface area contributed by atoms with E-state index in [0.29, 0.717) is 76.7 Å². The van der Waals surface area contributed by atoms with Crippen molar-refractivity contribution in [2.45, 2.75) is 13.8 Å². The first-order valence-corrected chi connectivity index (χ1v) is 14.4. The Hall–Kier alpha value is -5.70. The molecule has 4 amide bonds. The van der Waals surface area contributed by atoms with Crippen molar-refractivity contribution in [1.29, 1.82) is 0 Å². The van der Waals surface area contributed by atoms with Crippen LogP contribution >= 0.6 is 0 Å². The molecule has 0 unspecified atom stereocenters. The number of pyridine rings is 2. The number of rotatable bonds is 11. The smallest absolute Gasteiger partial charge is 0.320 e. The lowest BCUT2D eigenvalue weighted by atomic mass is 10.2. The Morgan fingerprint density at radius 1 is 0.711 bits per heavy atom. The van der Waals surface area contributed by atoms with Crippen LogP contribution in [-0.2, 0) is 0 Å². The summed E-state index contributed by atoms with van der Waals surface area (Å²) in [5, 5.41) is 10.8. The van der Waals surface area contributed by atoms with Crippen LogP contribution in [0.4, 0.5) is 38.5 Å². The maximum Gasteiger partial charge on any atom is 0.320 e. The fourth-order valence-corrected chi connectivity index (χ4v) is 4.19. The lowest BCUT2D eigenvalue weighted by molar-refractivity contribution is 0.251. The highest BCUT2D eigenvalue weighted by atomic mass is 16.5. The number of carbonyl (C=O) groups excluding carboxylic acids is 2. The summed E-state index contributed by atoms with van der Waals surface area (Å²) in [7, 11) is 3.97. The quantitative estimate of drug-likeness (QED) is 0.170. The second kappa shape index (κ2) is 14.2. The van der Waals surface area contributed by atoms with Gasteiger partial charge in [-0.25, -0.2) is 39.5 Å². The average Bonchev–Trinajstić information content (AvgIpc) is 3.02. The molecule has 0 spiro atoms. The van der Waals surface area contributed by atoms with E-state index in [9.17, 15) is 9.59 Å². The molecule has 4 N–H and O–H groups in total. The third-order valence-electron chi connectivity index (χ3n) is 6.31. The van der Waals surface area contributed by atoms with E-state index in [4.69, 9.17) is 14.7 Å². The molecule has 0 bridgehead atoms. The Kier molecular flexibility index (Phi) is 9.69. The van der Waals surface area contributed by atoms with Gasteiger partial charge in [-0.3, -0.25) is 15.5 Å². The molecule has 0 atom stereocenters. The number of urea groups is 2. The van der Waals surface area contributed by atoms with Crippen LogP contribution in [0, 0.1) is 0 Å². The van der Waals surface area contributed by atoms with Gasteiger partial charge < -0.3 is 20.3 Å². The predicted octanol–water partition coefficient (Wildman–Crippen LogP) is 4.06. The summed E-state index contributed by atoms with van der Waals surface area (Å²) < 4.78 is 5.89. The van der Waals surface area contributed by atoms with Gasteiger partial charge >= 0.3 is 12.1 Å². The third kappa shape index (κ3) is 7.83. The maximum absolute atomic E-state index is 12.1. The summed E-state index contributed by atoms with van der Waals surface area (Å²) in [5.74, 6) is 2.16. The molecule has 15 nitrogen and oxygen atoms in total. The van der Waals surface area contributed by atoms with Gasteiger partial charge in [0.1, 0.15) is 35.0 Å². The number of benzene rings is 1. The van der Waals surface area contributed by atoms with E-state index in [1.54, 1.807) is 41.6 Å². The zero-order valence-corrected chi connectivity index (χ0v) is 25.4. The van der Waals surface area contributed by atoms with Gasteiger partial charge in [0.2, 0.25) is 0 Å². The molecular formula is C30H34N12O3. The molecule has 1 aromatic carbocycles. The van der Waals surface area contributed by atoms with Gasteiger partial charge in [0.25, 0.3) is 0 Å². The molecule has 0 radical (unpaired) electrons. The van der Waals surface area contributed by atoms with Gasteiger partial charge in [-0.05, 0) is 76.5 Å². The topological polar surface area (TPSA) is 175 Å². The minimum Gasteiger partial charge on any atom is -0.492 e. The number of hydrogen-bond donors (Lipinski definition) is 4. The summed E-state index contributed by atoms with van der Waals surface area (Å²) >= 11 is 0. The van der Waals surface area contributed by atoms with Crippen LogP contribution in [0.2, 0.25) is 0 Å².